The van der Waals surface area contributed by atoms with Gasteiger partial charge in [0.25, 0.3) is 0 Å². The highest BCUT2D eigenvalue weighted by Gasteiger charge is 2.42. The minimum Gasteiger partial charge on any atom is -0.480 e. The topological polar surface area (TPSA) is 61.6 Å². The van der Waals surface area contributed by atoms with Crippen molar-refractivity contribution >= 4 is 16.7 Å². The van der Waals surface area contributed by atoms with Crippen LogP contribution in [0, 0.1) is 17.7 Å². The molecule has 0 amide bonds. The van der Waals surface area contributed by atoms with Gasteiger partial charge in [-0.1, -0.05) is 74.9 Å². The first-order chi connectivity index (χ1) is 21.8. The molecule has 2 aliphatic rings. The lowest BCUT2D eigenvalue weighted by Crippen LogP contribution is -2.45. The molecular weight excluding hydrogens is 563 g/mol. The molecule has 0 spiro atoms. The molecule has 2 saturated heterocycles. The first-order valence-electron chi connectivity index (χ1n) is 16.8. The Morgan fingerprint density at radius 1 is 1.00 bits per heavy atom. The summed E-state index contributed by atoms with van der Waals surface area (Å²) in [6.07, 6.45) is 3.79. The molecule has 4 atom stereocenters. The largest absolute Gasteiger partial charge is 0.480 e. The summed E-state index contributed by atoms with van der Waals surface area (Å²) in [6, 6.07) is 23.8. The fourth-order valence-electron chi connectivity index (χ4n) is 7.95. The van der Waals surface area contributed by atoms with E-state index in [4.69, 9.17) is 5.10 Å². The van der Waals surface area contributed by atoms with Gasteiger partial charge in [0, 0.05) is 50.1 Å². The molecule has 45 heavy (non-hydrogen) atoms. The van der Waals surface area contributed by atoms with Crippen molar-refractivity contribution in [1.29, 1.82) is 0 Å². The van der Waals surface area contributed by atoms with Gasteiger partial charge in [-0.15, -0.1) is 0 Å². The predicted octanol–water partition coefficient (Wildman–Crippen LogP) is 7.18. The Balaban J connectivity index is 1.14. The maximum Gasteiger partial charge on any atom is 0.321 e. The van der Waals surface area contributed by atoms with Crippen molar-refractivity contribution in [2.24, 2.45) is 11.8 Å². The number of carboxylic acids is 1. The number of carbonyl (C=O) groups is 1. The number of halogens is 1. The van der Waals surface area contributed by atoms with Gasteiger partial charge in [0.15, 0.2) is 0 Å². The molecule has 0 unspecified atom stereocenters. The standard InChI is InChI=1S/C38H47FN4O2/c1-4-26(3)37(38(44)45)42-24-31(35(25-42)29-13-9-14-32(39)20-29)23-41-18-16-28(17-19-41)36-22-33(40-43(36)5-2)21-30-12-8-11-27-10-6-7-15-34(27)30/h6-15,20,22,26,28,31,35,37H,4-5,16-19,21,23-25H2,1-3H3,(H,44,45)/t26-,31+,35-,37-/m1/s1. The van der Waals surface area contributed by atoms with Crippen LogP contribution < -0.4 is 0 Å². The number of hydrogen-bond acceptors (Lipinski definition) is 4. The van der Waals surface area contributed by atoms with E-state index in [9.17, 15) is 14.3 Å². The zero-order valence-electron chi connectivity index (χ0n) is 26.9. The molecule has 3 heterocycles. The number of rotatable bonds is 11. The number of aliphatic carboxylic acids is 1. The monoisotopic (exact) mass is 610 g/mol. The van der Waals surface area contributed by atoms with Crippen LogP contribution in [0.15, 0.2) is 72.8 Å². The molecule has 0 bridgehead atoms. The molecule has 1 aromatic heterocycles. The van der Waals surface area contributed by atoms with Gasteiger partial charge in [-0.3, -0.25) is 14.4 Å². The summed E-state index contributed by atoms with van der Waals surface area (Å²) < 4.78 is 16.5. The van der Waals surface area contributed by atoms with Crippen LogP contribution in [0.1, 0.15) is 74.4 Å². The molecule has 0 radical (unpaired) electrons. The number of piperidine rings is 1. The van der Waals surface area contributed by atoms with Gasteiger partial charge in [0.2, 0.25) is 0 Å². The van der Waals surface area contributed by atoms with Crippen LogP contribution in [0.2, 0.25) is 0 Å². The van der Waals surface area contributed by atoms with Crippen LogP contribution >= 0.6 is 0 Å². The Morgan fingerprint density at radius 2 is 1.76 bits per heavy atom. The highest BCUT2D eigenvalue weighted by Crippen LogP contribution is 2.38. The van der Waals surface area contributed by atoms with Crippen LogP contribution in [-0.4, -0.2) is 69.4 Å². The molecule has 238 valence electrons. The molecule has 0 aliphatic carbocycles. The number of aryl methyl sites for hydroxylation is 1. The lowest BCUT2D eigenvalue weighted by Gasteiger charge is -2.35. The van der Waals surface area contributed by atoms with Crippen molar-refractivity contribution in [3.05, 3.63) is 101 Å². The number of carboxylic acid groups (broad SMARTS) is 1. The normalized spacial score (nSPS) is 21.3. The molecule has 6 nitrogen and oxygen atoms in total. The number of nitrogens with zero attached hydrogens (tertiary/aromatic N) is 4. The Labute approximate surface area is 266 Å². The van der Waals surface area contributed by atoms with E-state index in [0.29, 0.717) is 12.5 Å². The second kappa shape index (κ2) is 13.8. The average Bonchev–Trinajstić information content (AvgIpc) is 3.65. The van der Waals surface area contributed by atoms with Gasteiger partial charge < -0.3 is 10.0 Å². The molecule has 4 aromatic rings. The van der Waals surface area contributed by atoms with Gasteiger partial charge in [0.05, 0.1) is 5.69 Å². The zero-order valence-corrected chi connectivity index (χ0v) is 26.9. The van der Waals surface area contributed by atoms with Crippen molar-refractivity contribution in [2.45, 2.75) is 70.9 Å². The second-order valence-corrected chi connectivity index (χ2v) is 13.3. The predicted molar refractivity (Wildman–Crippen MR) is 178 cm³/mol. The number of likely N-dealkylation sites (tertiary alicyclic amines) is 2. The van der Waals surface area contributed by atoms with Gasteiger partial charge in [-0.25, -0.2) is 4.39 Å². The van der Waals surface area contributed by atoms with Crippen molar-refractivity contribution < 1.29 is 14.3 Å². The van der Waals surface area contributed by atoms with Crippen molar-refractivity contribution in [3.8, 4) is 0 Å². The molecule has 7 heteroatoms. The van der Waals surface area contributed by atoms with E-state index < -0.39 is 12.0 Å². The third-order valence-corrected chi connectivity index (χ3v) is 10.5. The fraction of sp³-hybridized carbons (Fsp3) is 0.474. The lowest BCUT2D eigenvalue weighted by molar-refractivity contribution is -0.145. The number of fused-ring (bicyclic) bond motifs is 1. The molecule has 1 N–H and O–H groups in total. The molecular formula is C38H47FN4O2. The van der Waals surface area contributed by atoms with E-state index in [1.165, 1.54) is 28.1 Å². The minimum atomic E-state index is -0.754. The molecule has 3 aromatic carbocycles. The number of aromatic nitrogens is 2. The Kier molecular flexibility index (Phi) is 9.67. The summed E-state index contributed by atoms with van der Waals surface area (Å²) in [5, 5.41) is 17.7. The third-order valence-electron chi connectivity index (χ3n) is 10.5. The first-order valence-corrected chi connectivity index (χ1v) is 16.8. The Morgan fingerprint density at radius 3 is 2.49 bits per heavy atom. The smallest absolute Gasteiger partial charge is 0.321 e. The minimum absolute atomic E-state index is 0.0547. The summed E-state index contributed by atoms with van der Waals surface area (Å²) in [5.74, 6) is -0.0918. The second-order valence-electron chi connectivity index (χ2n) is 13.3. The molecule has 6 rings (SSSR count). The number of hydrogen-bond donors (Lipinski definition) is 1. The maximum absolute atomic E-state index is 14.3. The van der Waals surface area contributed by atoms with Crippen LogP contribution in [0.5, 0.6) is 0 Å². The number of benzene rings is 3. The van der Waals surface area contributed by atoms with Crippen molar-refractivity contribution in [2.75, 3.05) is 32.7 Å². The van der Waals surface area contributed by atoms with Crippen LogP contribution in [-0.2, 0) is 17.8 Å². The van der Waals surface area contributed by atoms with E-state index in [2.05, 4.69) is 76.9 Å². The van der Waals surface area contributed by atoms with Gasteiger partial charge in [0.1, 0.15) is 11.9 Å². The van der Waals surface area contributed by atoms with Gasteiger partial charge >= 0.3 is 5.97 Å². The summed E-state index contributed by atoms with van der Waals surface area (Å²) in [7, 11) is 0. The van der Waals surface area contributed by atoms with Crippen molar-refractivity contribution in [1.82, 2.24) is 19.6 Å². The molecule has 2 aliphatic heterocycles. The summed E-state index contributed by atoms with van der Waals surface area (Å²) in [6.45, 7) is 11.4. The van der Waals surface area contributed by atoms with Crippen molar-refractivity contribution in [3.63, 3.8) is 0 Å². The van der Waals surface area contributed by atoms with Crippen LogP contribution in [0.25, 0.3) is 10.8 Å². The van der Waals surface area contributed by atoms with E-state index in [-0.39, 0.29) is 23.6 Å². The Bertz CT molecular complexity index is 1610. The molecule has 0 saturated carbocycles. The molecule has 2 fully saturated rings. The van der Waals surface area contributed by atoms with Crippen LogP contribution in [0.4, 0.5) is 4.39 Å². The summed E-state index contributed by atoms with van der Waals surface area (Å²) in [5.41, 5.74) is 4.77. The van der Waals surface area contributed by atoms with E-state index in [0.717, 1.165) is 69.7 Å². The van der Waals surface area contributed by atoms with Crippen LogP contribution in [0.3, 0.4) is 0 Å². The maximum atomic E-state index is 14.3. The van der Waals surface area contributed by atoms with Gasteiger partial charge in [-0.2, -0.15) is 5.10 Å². The third kappa shape index (κ3) is 6.85. The quantitative estimate of drug-likeness (QED) is 0.195. The highest BCUT2D eigenvalue weighted by atomic mass is 19.1. The average molecular weight is 611 g/mol. The summed E-state index contributed by atoms with van der Waals surface area (Å²) >= 11 is 0. The highest BCUT2D eigenvalue weighted by molar-refractivity contribution is 5.85. The SMILES string of the molecule is CC[C@@H](C)[C@H](C(=O)O)N1C[C@H](CN2CCC(c3cc(Cc4cccc5ccccc45)nn3CC)CC2)[C@@H](c2cccc(F)c2)C1. The van der Waals surface area contributed by atoms with E-state index in [1.807, 2.05) is 13.0 Å². The van der Waals surface area contributed by atoms with E-state index >= 15 is 0 Å². The lowest BCUT2D eigenvalue weighted by atomic mass is 9.87. The van der Waals surface area contributed by atoms with E-state index in [1.54, 1.807) is 12.1 Å². The first kappa shape index (κ1) is 31.4. The fourth-order valence-corrected chi connectivity index (χ4v) is 7.95. The van der Waals surface area contributed by atoms with Gasteiger partial charge in [-0.05, 0) is 84.8 Å². The zero-order chi connectivity index (χ0) is 31.5. The Hall–Kier alpha value is -3.55. The summed E-state index contributed by atoms with van der Waals surface area (Å²) in [4.78, 5) is 17.1.